The van der Waals surface area contributed by atoms with Crippen LogP contribution in [0.2, 0.25) is 0 Å². The minimum absolute atomic E-state index is 0.0190. The third kappa shape index (κ3) is 3.15. The number of halogens is 3. The van der Waals surface area contributed by atoms with Gasteiger partial charge in [0.05, 0.1) is 11.7 Å². The van der Waals surface area contributed by atoms with Gasteiger partial charge in [-0.15, -0.1) is 0 Å². The minimum Gasteiger partial charge on any atom is -0.300 e. The Morgan fingerprint density at radius 3 is 2.71 bits per heavy atom. The van der Waals surface area contributed by atoms with Gasteiger partial charge in [0.2, 0.25) is 0 Å². The molecule has 0 saturated heterocycles. The fraction of sp³-hybridized carbons (Fsp3) is 0.615. The number of nitrogens with zero attached hydrogens (tertiary/aromatic N) is 2. The monoisotopic (exact) mass is 303 g/mol. The summed E-state index contributed by atoms with van der Waals surface area (Å²) in [7, 11) is 1.74. The maximum Gasteiger partial charge on any atom is 0.422 e. The molecule has 21 heavy (non-hydrogen) atoms. The molecule has 0 fully saturated rings. The Balaban J connectivity index is 2.33. The molecule has 0 aliphatic heterocycles. The first kappa shape index (κ1) is 15.7. The zero-order valence-corrected chi connectivity index (χ0v) is 11.8. The molecule has 1 aliphatic rings. The lowest BCUT2D eigenvalue weighted by Gasteiger charge is -2.23. The van der Waals surface area contributed by atoms with Gasteiger partial charge in [0.1, 0.15) is 11.3 Å². The maximum absolute atomic E-state index is 13.0. The highest BCUT2D eigenvalue weighted by atomic mass is 19.4. The number of H-pyrrole nitrogens is 1. The quantitative estimate of drug-likeness (QED) is 0.919. The number of fused-ring (bicyclic) bond motifs is 1. The van der Waals surface area contributed by atoms with Crippen molar-refractivity contribution in [3.63, 3.8) is 0 Å². The highest BCUT2D eigenvalue weighted by molar-refractivity contribution is 5.75. The Morgan fingerprint density at radius 1 is 1.48 bits per heavy atom. The lowest BCUT2D eigenvalue weighted by Crippen LogP contribution is -2.29. The third-order valence-electron chi connectivity index (χ3n) is 3.73. The normalized spacial score (nSPS) is 18.1. The molecule has 116 valence electrons. The van der Waals surface area contributed by atoms with E-state index in [9.17, 15) is 22.8 Å². The van der Waals surface area contributed by atoms with Crippen LogP contribution in [0.4, 0.5) is 13.2 Å². The summed E-state index contributed by atoms with van der Waals surface area (Å²) in [5.74, 6) is 0.0190. The maximum atomic E-state index is 13.0. The fourth-order valence-corrected chi connectivity index (χ4v) is 2.66. The molecule has 5 nitrogen and oxygen atoms in total. The summed E-state index contributed by atoms with van der Waals surface area (Å²) in [5, 5.41) is 5.74. The second-order valence-electron chi connectivity index (χ2n) is 5.28. The van der Waals surface area contributed by atoms with Crippen molar-refractivity contribution in [2.45, 2.75) is 38.4 Å². The summed E-state index contributed by atoms with van der Waals surface area (Å²) < 4.78 is 38.9. The zero-order valence-electron chi connectivity index (χ0n) is 11.8. The van der Waals surface area contributed by atoms with Crippen LogP contribution in [0, 0.1) is 0 Å². The standard InChI is InChI=1S/C13H16F3N3O2/c1-7(20)5-6-19(2)9-4-3-8-10(13(14,15)16)12(21)18-17-11(8)9/h9H,3-6H2,1-2H3,(H,18,21). The zero-order chi connectivity index (χ0) is 15.8. The summed E-state index contributed by atoms with van der Waals surface area (Å²) in [6, 6.07) is -0.308. The van der Waals surface area contributed by atoms with Gasteiger partial charge in [-0.3, -0.25) is 14.5 Å². The van der Waals surface area contributed by atoms with E-state index in [-0.39, 0.29) is 29.5 Å². The highest BCUT2D eigenvalue weighted by Gasteiger charge is 2.41. The van der Waals surface area contributed by atoms with Crippen LogP contribution in [0.5, 0.6) is 0 Å². The number of nitrogens with one attached hydrogen (secondary N) is 1. The van der Waals surface area contributed by atoms with Gasteiger partial charge in [0.15, 0.2) is 0 Å². The summed E-state index contributed by atoms with van der Waals surface area (Å²) >= 11 is 0. The Kier molecular flexibility index (Phi) is 4.18. The van der Waals surface area contributed by atoms with Crippen LogP contribution in [-0.4, -0.2) is 34.5 Å². The first-order chi connectivity index (χ1) is 9.71. The molecular formula is C13H16F3N3O2. The van der Waals surface area contributed by atoms with Crippen LogP contribution in [0.25, 0.3) is 0 Å². The van der Waals surface area contributed by atoms with E-state index in [1.807, 2.05) is 5.10 Å². The average molecular weight is 303 g/mol. The SMILES string of the molecule is CC(=O)CCN(C)C1CCc2c1n[nH]c(=O)c2C(F)(F)F. The molecule has 1 unspecified atom stereocenters. The molecule has 0 radical (unpaired) electrons. The molecule has 1 aromatic rings. The van der Waals surface area contributed by atoms with Crippen molar-refractivity contribution in [3.8, 4) is 0 Å². The smallest absolute Gasteiger partial charge is 0.300 e. The number of aromatic nitrogens is 2. The molecule has 1 aromatic heterocycles. The molecular weight excluding hydrogens is 287 g/mol. The van der Waals surface area contributed by atoms with Crippen LogP contribution in [0.15, 0.2) is 4.79 Å². The van der Waals surface area contributed by atoms with Crippen LogP contribution in [-0.2, 0) is 17.4 Å². The number of hydrogen-bond donors (Lipinski definition) is 1. The lowest BCUT2D eigenvalue weighted by molar-refractivity contribution is -0.139. The Bertz CT molecular complexity index is 610. The van der Waals surface area contributed by atoms with Gasteiger partial charge in [0, 0.05) is 13.0 Å². The molecule has 1 aliphatic carbocycles. The van der Waals surface area contributed by atoms with Crippen molar-refractivity contribution in [2.24, 2.45) is 0 Å². The lowest BCUT2D eigenvalue weighted by atomic mass is 10.1. The molecule has 8 heteroatoms. The topological polar surface area (TPSA) is 66.1 Å². The highest BCUT2D eigenvalue weighted by Crippen LogP contribution is 2.39. The number of carbonyl (C=O) groups excluding carboxylic acids is 1. The molecule has 0 saturated carbocycles. The average Bonchev–Trinajstić information content (AvgIpc) is 2.77. The largest absolute Gasteiger partial charge is 0.422 e. The Labute approximate surface area is 119 Å². The van der Waals surface area contributed by atoms with Crippen molar-refractivity contribution in [1.82, 2.24) is 15.1 Å². The van der Waals surface area contributed by atoms with E-state index in [2.05, 4.69) is 5.10 Å². The van der Waals surface area contributed by atoms with E-state index < -0.39 is 17.3 Å². The fourth-order valence-electron chi connectivity index (χ4n) is 2.66. The number of rotatable bonds is 4. The number of Topliss-reactive ketones (excluding diaryl/α,β-unsaturated/α-hetero) is 1. The van der Waals surface area contributed by atoms with Gasteiger partial charge in [-0.2, -0.15) is 18.3 Å². The number of hydrogen-bond acceptors (Lipinski definition) is 4. The van der Waals surface area contributed by atoms with E-state index in [4.69, 9.17) is 0 Å². The van der Waals surface area contributed by atoms with E-state index in [0.29, 0.717) is 19.4 Å². The molecule has 0 amide bonds. The van der Waals surface area contributed by atoms with Gasteiger partial charge < -0.3 is 0 Å². The first-order valence-corrected chi connectivity index (χ1v) is 6.60. The Morgan fingerprint density at radius 2 is 2.14 bits per heavy atom. The Hall–Kier alpha value is -1.70. The third-order valence-corrected chi connectivity index (χ3v) is 3.73. The van der Waals surface area contributed by atoms with Crippen LogP contribution >= 0.6 is 0 Å². The second-order valence-corrected chi connectivity index (χ2v) is 5.28. The van der Waals surface area contributed by atoms with Crippen molar-refractivity contribution in [3.05, 3.63) is 27.2 Å². The number of aromatic amines is 1. The number of alkyl halides is 3. The second kappa shape index (κ2) is 5.59. The predicted molar refractivity (Wildman–Crippen MR) is 68.8 cm³/mol. The molecule has 0 bridgehead atoms. The molecule has 1 heterocycles. The van der Waals surface area contributed by atoms with E-state index >= 15 is 0 Å². The van der Waals surface area contributed by atoms with E-state index in [1.165, 1.54) is 6.92 Å². The van der Waals surface area contributed by atoms with Gasteiger partial charge in [0.25, 0.3) is 5.56 Å². The first-order valence-electron chi connectivity index (χ1n) is 6.60. The van der Waals surface area contributed by atoms with Crippen molar-refractivity contribution >= 4 is 5.78 Å². The molecule has 0 aromatic carbocycles. The van der Waals surface area contributed by atoms with Gasteiger partial charge in [-0.1, -0.05) is 0 Å². The van der Waals surface area contributed by atoms with Gasteiger partial charge in [-0.25, -0.2) is 5.10 Å². The number of carbonyl (C=O) groups is 1. The van der Waals surface area contributed by atoms with Crippen LogP contribution in [0.1, 0.15) is 42.6 Å². The predicted octanol–water partition coefficient (Wildman–Crippen LogP) is 1.69. The van der Waals surface area contributed by atoms with Gasteiger partial charge >= 0.3 is 6.18 Å². The molecule has 1 N–H and O–H groups in total. The summed E-state index contributed by atoms with van der Waals surface area (Å²) in [6.07, 6.45) is -3.74. The molecule has 0 spiro atoms. The summed E-state index contributed by atoms with van der Waals surface area (Å²) in [5.41, 5.74) is -2.11. The minimum atomic E-state index is -4.69. The van der Waals surface area contributed by atoms with Gasteiger partial charge in [-0.05, 0) is 32.4 Å². The van der Waals surface area contributed by atoms with E-state index in [0.717, 1.165) is 0 Å². The van der Waals surface area contributed by atoms with Crippen molar-refractivity contribution in [1.29, 1.82) is 0 Å². The van der Waals surface area contributed by atoms with E-state index in [1.54, 1.807) is 11.9 Å². The van der Waals surface area contributed by atoms with Crippen molar-refractivity contribution in [2.75, 3.05) is 13.6 Å². The molecule has 1 atom stereocenters. The van der Waals surface area contributed by atoms with Crippen LogP contribution in [0.3, 0.4) is 0 Å². The number of ketones is 1. The van der Waals surface area contributed by atoms with Crippen LogP contribution < -0.4 is 5.56 Å². The summed E-state index contributed by atoms with van der Waals surface area (Å²) in [4.78, 5) is 24.2. The van der Waals surface area contributed by atoms with Crippen molar-refractivity contribution < 1.29 is 18.0 Å². The summed E-state index contributed by atoms with van der Waals surface area (Å²) in [6.45, 7) is 1.91. The molecule has 2 rings (SSSR count).